The fourth-order valence-corrected chi connectivity index (χ4v) is 2.38. The predicted octanol–water partition coefficient (Wildman–Crippen LogP) is 1.01. The SMILES string of the molecule is CC(O)C1CCN(Cc2ccnn2C)CC1. The zero-order chi connectivity index (χ0) is 11.5. The van der Waals surface area contributed by atoms with E-state index in [9.17, 15) is 5.11 Å². The molecule has 0 spiro atoms. The van der Waals surface area contributed by atoms with E-state index in [2.05, 4.69) is 16.1 Å². The second-order valence-electron chi connectivity index (χ2n) is 4.80. The number of piperidine rings is 1. The van der Waals surface area contributed by atoms with Gasteiger partial charge in [0, 0.05) is 19.8 Å². The van der Waals surface area contributed by atoms with Crippen molar-refractivity contribution < 1.29 is 5.11 Å². The third kappa shape index (κ3) is 2.62. The Bertz CT molecular complexity index is 327. The number of aryl methyl sites for hydroxylation is 1. The van der Waals surface area contributed by atoms with Crippen molar-refractivity contribution in [3.8, 4) is 0 Å². The summed E-state index contributed by atoms with van der Waals surface area (Å²) in [6.07, 6.45) is 3.90. The molecule has 0 aromatic carbocycles. The van der Waals surface area contributed by atoms with E-state index >= 15 is 0 Å². The van der Waals surface area contributed by atoms with Crippen LogP contribution in [0.3, 0.4) is 0 Å². The van der Waals surface area contributed by atoms with Gasteiger partial charge in [0.15, 0.2) is 0 Å². The van der Waals surface area contributed by atoms with E-state index in [0.717, 1.165) is 32.5 Å². The predicted molar refractivity (Wildman–Crippen MR) is 62.9 cm³/mol. The summed E-state index contributed by atoms with van der Waals surface area (Å²) >= 11 is 0. The van der Waals surface area contributed by atoms with E-state index in [0.29, 0.717) is 5.92 Å². The number of aliphatic hydroxyl groups excluding tert-OH is 1. The lowest BCUT2D eigenvalue weighted by atomic mass is 9.92. The van der Waals surface area contributed by atoms with Gasteiger partial charge >= 0.3 is 0 Å². The minimum atomic E-state index is -0.154. The summed E-state index contributed by atoms with van der Waals surface area (Å²) in [4.78, 5) is 2.44. The Kier molecular flexibility index (Phi) is 3.61. The van der Waals surface area contributed by atoms with Crippen molar-refractivity contribution in [2.45, 2.75) is 32.4 Å². The maximum Gasteiger partial charge on any atom is 0.0541 e. The first-order chi connectivity index (χ1) is 7.66. The lowest BCUT2D eigenvalue weighted by Crippen LogP contribution is -2.36. The van der Waals surface area contributed by atoms with Gasteiger partial charge in [0.2, 0.25) is 0 Å². The molecule has 1 N–H and O–H groups in total. The molecule has 1 unspecified atom stereocenters. The quantitative estimate of drug-likeness (QED) is 0.831. The average Bonchev–Trinajstić information content (AvgIpc) is 2.65. The molecule has 4 heteroatoms. The van der Waals surface area contributed by atoms with Gasteiger partial charge in [-0.05, 0) is 44.8 Å². The van der Waals surface area contributed by atoms with E-state index < -0.39 is 0 Å². The lowest BCUT2D eigenvalue weighted by molar-refractivity contribution is 0.0687. The standard InChI is InChI=1S/C12H21N3O/c1-10(16)11-4-7-15(8-5-11)9-12-3-6-13-14(12)2/h3,6,10-11,16H,4-5,7-9H2,1-2H3. The molecule has 0 saturated carbocycles. The van der Waals surface area contributed by atoms with Crippen LogP contribution in [0.2, 0.25) is 0 Å². The van der Waals surface area contributed by atoms with Crippen LogP contribution >= 0.6 is 0 Å². The molecule has 16 heavy (non-hydrogen) atoms. The zero-order valence-corrected chi connectivity index (χ0v) is 10.1. The number of hydrogen-bond acceptors (Lipinski definition) is 3. The van der Waals surface area contributed by atoms with Gasteiger partial charge in [-0.3, -0.25) is 9.58 Å². The number of likely N-dealkylation sites (tertiary alicyclic amines) is 1. The van der Waals surface area contributed by atoms with Gasteiger partial charge in [0.1, 0.15) is 0 Å². The smallest absolute Gasteiger partial charge is 0.0541 e. The van der Waals surface area contributed by atoms with Gasteiger partial charge in [-0.1, -0.05) is 0 Å². The summed E-state index contributed by atoms with van der Waals surface area (Å²) in [5, 5.41) is 13.7. The van der Waals surface area contributed by atoms with Crippen molar-refractivity contribution in [2.24, 2.45) is 13.0 Å². The first-order valence-corrected chi connectivity index (χ1v) is 6.04. The Morgan fingerprint density at radius 1 is 1.50 bits per heavy atom. The molecule has 0 bridgehead atoms. The molecule has 2 heterocycles. The number of aliphatic hydroxyl groups is 1. The van der Waals surface area contributed by atoms with Crippen molar-refractivity contribution in [1.29, 1.82) is 0 Å². The summed E-state index contributed by atoms with van der Waals surface area (Å²) in [5.74, 6) is 0.489. The zero-order valence-electron chi connectivity index (χ0n) is 10.1. The van der Waals surface area contributed by atoms with Crippen LogP contribution < -0.4 is 0 Å². The number of aromatic nitrogens is 2. The van der Waals surface area contributed by atoms with Gasteiger partial charge in [-0.2, -0.15) is 5.10 Å². The molecule has 0 amide bonds. The minimum Gasteiger partial charge on any atom is -0.393 e. The second kappa shape index (κ2) is 4.97. The Hall–Kier alpha value is -0.870. The highest BCUT2D eigenvalue weighted by Crippen LogP contribution is 2.21. The first-order valence-electron chi connectivity index (χ1n) is 6.04. The van der Waals surface area contributed by atoms with E-state index in [1.807, 2.05) is 24.9 Å². The molecule has 1 aliphatic heterocycles. The Labute approximate surface area is 96.9 Å². The maximum absolute atomic E-state index is 9.53. The number of nitrogens with zero attached hydrogens (tertiary/aromatic N) is 3. The van der Waals surface area contributed by atoms with E-state index in [1.165, 1.54) is 5.69 Å². The van der Waals surface area contributed by atoms with E-state index in [1.54, 1.807) is 0 Å². The van der Waals surface area contributed by atoms with Crippen molar-refractivity contribution in [2.75, 3.05) is 13.1 Å². The van der Waals surface area contributed by atoms with Crippen molar-refractivity contribution >= 4 is 0 Å². The summed E-state index contributed by atoms with van der Waals surface area (Å²) in [6.45, 7) is 5.05. The molecule has 1 aliphatic rings. The summed E-state index contributed by atoms with van der Waals surface area (Å²) in [6, 6.07) is 2.07. The molecule has 0 radical (unpaired) electrons. The lowest BCUT2D eigenvalue weighted by Gasteiger charge is -2.33. The second-order valence-corrected chi connectivity index (χ2v) is 4.80. The molecule has 1 aromatic heterocycles. The van der Waals surface area contributed by atoms with Crippen LogP contribution in [-0.2, 0) is 13.6 Å². The Morgan fingerprint density at radius 3 is 2.69 bits per heavy atom. The molecule has 1 atom stereocenters. The number of rotatable bonds is 3. The van der Waals surface area contributed by atoms with Crippen LogP contribution in [0.15, 0.2) is 12.3 Å². The molecule has 90 valence electrons. The largest absolute Gasteiger partial charge is 0.393 e. The van der Waals surface area contributed by atoms with Gasteiger partial charge < -0.3 is 5.11 Å². The van der Waals surface area contributed by atoms with Crippen LogP contribution in [0.25, 0.3) is 0 Å². The highest BCUT2D eigenvalue weighted by Gasteiger charge is 2.22. The van der Waals surface area contributed by atoms with Crippen molar-refractivity contribution in [1.82, 2.24) is 14.7 Å². The molecular weight excluding hydrogens is 202 g/mol. The van der Waals surface area contributed by atoms with Gasteiger partial charge in [0.25, 0.3) is 0 Å². The van der Waals surface area contributed by atoms with Gasteiger partial charge in [0.05, 0.1) is 11.8 Å². The van der Waals surface area contributed by atoms with E-state index in [-0.39, 0.29) is 6.10 Å². The Balaban J connectivity index is 1.84. The van der Waals surface area contributed by atoms with Crippen LogP contribution in [0.5, 0.6) is 0 Å². The summed E-state index contributed by atoms with van der Waals surface area (Å²) in [5.41, 5.74) is 1.26. The van der Waals surface area contributed by atoms with E-state index in [4.69, 9.17) is 0 Å². The summed E-state index contributed by atoms with van der Waals surface area (Å²) < 4.78 is 1.93. The first kappa shape index (κ1) is 11.6. The fraction of sp³-hybridized carbons (Fsp3) is 0.750. The normalized spacial score (nSPS) is 21.2. The Morgan fingerprint density at radius 2 is 2.19 bits per heavy atom. The van der Waals surface area contributed by atoms with Crippen LogP contribution in [0, 0.1) is 5.92 Å². The molecule has 1 fully saturated rings. The maximum atomic E-state index is 9.53. The van der Waals surface area contributed by atoms with Crippen LogP contribution in [-0.4, -0.2) is 39.0 Å². The monoisotopic (exact) mass is 223 g/mol. The van der Waals surface area contributed by atoms with Crippen molar-refractivity contribution in [3.63, 3.8) is 0 Å². The average molecular weight is 223 g/mol. The van der Waals surface area contributed by atoms with Crippen LogP contribution in [0.4, 0.5) is 0 Å². The fourth-order valence-electron chi connectivity index (χ4n) is 2.38. The highest BCUT2D eigenvalue weighted by molar-refractivity contribution is 5.00. The topological polar surface area (TPSA) is 41.3 Å². The molecule has 2 rings (SSSR count). The molecule has 1 saturated heterocycles. The molecular formula is C12H21N3O. The summed E-state index contributed by atoms with van der Waals surface area (Å²) in [7, 11) is 1.98. The molecule has 4 nitrogen and oxygen atoms in total. The highest BCUT2D eigenvalue weighted by atomic mass is 16.3. The molecule has 1 aromatic rings. The molecule has 0 aliphatic carbocycles. The van der Waals surface area contributed by atoms with Crippen molar-refractivity contribution in [3.05, 3.63) is 18.0 Å². The minimum absolute atomic E-state index is 0.154. The number of hydrogen-bond donors (Lipinski definition) is 1. The third-order valence-corrected chi connectivity index (χ3v) is 3.62. The van der Waals surface area contributed by atoms with Gasteiger partial charge in [-0.15, -0.1) is 0 Å². The van der Waals surface area contributed by atoms with Gasteiger partial charge in [-0.25, -0.2) is 0 Å². The third-order valence-electron chi connectivity index (χ3n) is 3.62. The van der Waals surface area contributed by atoms with Crippen LogP contribution in [0.1, 0.15) is 25.5 Å².